The molecule has 0 radical (unpaired) electrons. The van der Waals surface area contributed by atoms with Gasteiger partial charge in [-0.05, 0) is 6.07 Å². The third-order valence-electron chi connectivity index (χ3n) is 4.65. The highest BCUT2D eigenvalue weighted by molar-refractivity contribution is 5.74. The average molecular weight is 344 g/mol. The Labute approximate surface area is 143 Å². The lowest BCUT2D eigenvalue weighted by molar-refractivity contribution is 0.559. The molecular weight excluding hydrogens is 324 g/mol. The first-order chi connectivity index (χ1) is 12.1. The lowest BCUT2D eigenvalue weighted by atomic mass is 10.3. The van der Waals surface area contributed by atoms with Gasteiger partial charge in [0.15, 0.2) is 11.2 Å². The van der Waals surface area contributed by atoms with Gasteiger partial charge in [-0.1, -0.05) is 0 Å². The van der Waals surface area contributed by atoms with E-state index in [1.165, 1.54) is 11.6 Å². The summed E-state index contributed by atoms with van der Waals surface area (Å²) >= 11 is 0. The number of nitrogens with one attached hydrogen (secondary N) is 1. The fourth-order valence-corrected chi connectivity index (χ4v) is 3.26. The summed E-state index contributed by atoms with van der Waals surface area (Å²) in [5, 5.41) is 3.31. The lowest BCUT2D eigenvalue weighted by Gasteiger charge is -2.28. The maximum Gasteiger partial charge on any atom is 0.332 e. The molecular formula is C16H20N6O3. The maximum absolute atomic E-state index is 12.8. The zero-order valence-electron chi connectivity index (χ0n) is 14.2. The van der Waals surface area contributed by atoms with Crippen molar-refractivity contribution in [2.45, 2.75) is 6.54 Å². The van der Waals surface area contributed by atoms with Crippen molar-refractivity contribution in [3.8, 4) is 0 Å². The molecule has 0 aromatic carbocycles. The van der Waals surface area contributed by atoms with Gasteiger partial charge in [-0.15, -0.1) is 0 Å². The van der Waals surface area contributed by atoms with E-state index in [-0.39, 0.29) is 11.2 Å². The van der Waals surface area contributed by atoms with Crippen molar-refractivity contribution in [1.29, 1.82) is 0 Å². The average Bonchev–Trinajstić information content (AvgIpc) is 3.27. The fourth-order valence-electron chi connectivity index (χ4n) is 3.26. The highest BCUT2D eigenvalue weighted by Gasteiger charge is 2.23. The number of hydrogen-bond donors (Lipinski definition) is 1. The van der Waals surface area contributed by atoms with Crippen LogP contribution in [0.2, 0.25) is 0 Å². The highest BCUT2D eigenvalue weighted by Crippen LogP contribution is 2.21. The molecule has 1 aliphatic heterocycles. The lowest BCUT2D eigenvalue weighted by Crippen LogP contribution is -2.44. The molecule has 132 valence electrons. The zero-order chi connectivity index (χ0) is 17.6. The minimum absolute atomic E-state index is 0.338. The van der Waals surface area contributed by atoms with Gasteiger partial charge in [-0.3, -0.25) is 18.5 Å². The Kier molecular flexibility index (Phi) is 3.72. The molecule has 1 saturated heterocycles. The van der Waals surface area contributed by atoms with Crippen LogP contribution in [0, 0.1) is 0 Å². The van der Waals surface area contributed by atoms with E-state index in [1.54, 1.807) is 19.6 Å². The molecule has 0 saturated carbocycles. The van der Waals surface area contributed by atoms with E-state index in [1.807, 2.05) is 10.6 Å². The fraction of sp³-hybridized carbons (Fsp3) is 0.438. The SMILES string of the molecule is Cn1c(=O)c2c(nc(N3CCNCC3)n2Cc2ccoc2)n(C)c1=O. The first-order valence-electron chi connectivity index (χ1n) is 8.21. The number of aromatic nitrogens is 4. The molecule has 1 aliphatic rings. The van der Waals surface area contributed by atoms with Crippen molar-refractivity contribution in [3.63, 3.8) is 0 Å². The van der Waals surface area contributed by atoms with Gasteiger partial charge < -0.3 is 14.6 Å². The third kappa shape index (κ3) is 2.47. The third-order valence-corrected chi connectivity index (χ3v) is 4.65. The van der Waals surface area contributed by atoms with Crippen molar-refractivity contribution in [2.75, 3.05) is 31.1 Å². The minimum atomic E-state index is -0.377. The number of piperazine rings is 1. The van der Waals surface area contributed by atoms with Gasteiger partial charge in [0.2, 0.25) is 5.95 Å². The first-order valence-corrected chi connectivity index (χ1v) is 8.21. The topological polar surface area (TPSA) is 90.2 Å². The Hall–Kier alpha value is -2.81. The van der Waals surface area contributed by atoms with Crippen LogP contribution in [0.1, 0.15) is 5.56 Å². The van der Waals surface area contributed by atoms with Crippen LogP contribution in [0.15, 0.2) is 32.6 Å². The van der Waals surface area contributed by atoms with Crippen LogP contribution in [0.25, 0.3) is 11.2 Å². The summed E-state index contributed by atoms with van der Waals surface area (Å²) in [6.45, 7) is 3.75. The summed E-state index contributed by atoms with van der Waals surface area (Å²) in [6, 6.07) is 1.86. The predicted octanol–water partition coefficient (Wildman–Crippen LogP) is -0.515. The van der Waals surface area contributed by atoms with Gasteiger partial charge >= 0.3 is 5.69 Å². The molecule has 4 rings (SSSR count). The monoisotopic (exact) mass is 344 g/mol. The molecule has 1 N–H and O–H groups in total. The largest absolute Gasteiger partial charge is 0.472 e. The number of imidazole rings is 1. The zero-order valence-corrected chi connectivity index (χ0v) is 14.2. The Balaban J connectivity index is 1.99. The predicted molar refractivity (Wildman–Crippen MR) is 93.1 cm³/mol. The summed E-state index contributed by atoms with van der Waals surface area (Å²) in [5.74, 6) is 0.705. The molecule has 0 bridgehead atoms. The van der Waals surface area contributed by atoms with Crippen molar-refractivity contribution in [1.82, 2.24) is 24.0 Å². The molecule has 0 unspecified atom stereocenters. The number of furan rings is 1. The Morgan fingerprint density at radius 1 is 1.20 bits per heavy atom. The smallest absolute Gasteiger partial charge is 0.332 e. The van der Waals surface area contributed by atoms with Gasteiger partial charge in [0, 0.05) is 45.8 Å². The number of anilines is 1. The molecule has 0 aliphatic carbocycles. The van der Waals surface area contributed by atoms with Crippen molar-refractivity contribution in [3.05, 3.63) is 45.0 Å². The number of rotatable bonds is 3. The van der Waals surface area contributed by atoms with Crippen LogP contribution in [0.5, 0.6) is 0 Å². The van der Waals surface area contributed by atoms with Crippen molar-refractivity contribution in [2.24, 2.45) is 14.1 Å². The van der Waals surface area contributed by atoms with Gasteiger partial charge in [0.1, 0.15) is 0 Å². The molecule has 25 heavy (non-hydrogen) atoms. The molecule has 3 aromatic heterocycles. The van der Waals surface area contributed by atoms with E-state index in [4.69, 9.17) is 4.42 Å². The second-order valence-corrected chi connectivity index (χ2v) is 6.24. The molecule has 4 heterocycles. The number of aryl methyl sites for hydroxylation is 1. The summed E-state index contributed by atoms with van der Waals surface area (Å²) in [6.07, 6.45) is 3.26. The highest BCUT2D eigenvalue weighted by atomic mass is 16.3. The number of fused-ring (bicyclic) bond motifs is 1. The molecule has 3 aromatic rings. The summed E-state index contributed by atoms with van der Waals surface area (Å²) in [4.78, 5) is 31.8. The summed E-state index contributed by atoms with van der Waals surface area (Å²) < 4.78 is 9.59. The molecule has 0 atom stereocenters. The number of nitrogens with zero attached hydrogens (tertiary/aromatic N) is 5. The van der Waals surface area contributed by atoms with E-state index < -0.39 is 0 Å². The second kappa shape index (κ2) is 5.92. The second-order valence-electron chi connectivity index (χ2n) is 6.24. The van der Waals surface area contributed by atoms with Crippen LogP contribution in [-0.4, -0.2) is 44.9 Å². The van der Waals surface area contributed by atoms with Gasteiger partial charge in [-0.25, -0.2) is 4.79 Å². The van der Waals surface area contributed by atoms with Crippen LogP contribution < -0.4 is 21.5 Å². The van der Waals surface area contributed by atoms with E-state index in [0.29, 0.717) is 23.7 Å². The van der Waals surface area contributed by atoms with E-state index in [0.717, 1.165) is 36.3 Å². The summed E-state index contributed by atoms with van der Waals surface area (Å²) in [5.41, 5.74) is 1.06. The van der Waals surface area contributed by atoms with Gasteiger partial charge in [0.25, 0.3) is 5.56 Å². The van der Waals surface area contributed by atoms with Gasteiger partial charge in [-0.2, -0.15) is 4.98 Å². The molecule has 9 heteroatoms. The standard InChI is InChI=1S/C16H20N6O3/c1-19-13-12(14(23)20(2)16(19)24)22(9-11-3-8-25-10-11)15(18-13)21-6-4-17-5-7-21/h3,8,10,17H,4-7,9H2,1-2H3. The Morgan fingerprint density at radius 3 is 2.64 bits per heavy atom. The van der Waals surface area contributed by atoms with E-state index >= 15 is 0 Å². The van der Waals surface area contributed by atoms with Crippen LogP contribution in [-0.2, 0) is 20.6 Å². The normalized spacial score (nSPS) is 15.2. The molecule has 0 spiro atoms. The Bertz CT molecular complexity index is 1020. The number of hydrogen-bond acceptors (Lipinski definition) is 6. The van der Waals surface area contributed by atoms with Gasteiger partial charge in [0.05, 0.1) is 19.1 Å². The quantitative estimate of drug-likeness (QED) is 0.688. The molecule has 1 fully saturated rings. The first kappa shape index (κ1) is 15.7. The molecule has 9 nitrogen and oxygen atoms in total. The van der Waals surface area contributed by atoms with Crippen molar-refractivity contribution < 1.29 is 4.42 Å². The molecule has 0 amide bonds. The van der Waals surface area contributed by atoms with Crippen LogP contribution in [0.4, 0.5) is 5.95 Å². The van der Waals surface area contributed by atoms with Crippen LogP contribution >= 0.6 is 0 Å². The Morgan fingerprint density at radius 2 is 1.96 bits per heavy atom. The maximum atomic E-state index is 12.8. The summed E-state index contributed by atoms with van der Waals surface area (Å²) in [7, 11) is 3.13. The van der Waals surface area contributed by atoms with E-state index in [2.05, 4.69) is 15.2 Å². The van der Waals surface area contributed by atoms with E-state index in [9.17, 15) is 9.59 Å². The minimum Gasteiger partial charge on any atom is -0.472 e. The van der Waals surface area contributed by atoms with Crippen molar-refractivity contribution >= 4 is 17.1 Å². The van der Waals surface area contributed by atoms with Crippen LogP contribution in [0.3, 0.4) is 0 Å².